The van der Waals surface area contributed by atoms with Gasteiger partial charge in [-0.05, 0) is 0 Å². The molecule has 0 saturated carbocycles. The summed E-state index contributed by atoms with van der Waals surface area (Å²) in [6.45, 7) is 0. The molecule has 12 heavy (non-hydrogen) atoms. The Balaban J connectivity index is 4.11. The number of alkyl halides is 1. The molecule has 0 aromatic rings. The number of nitrogens with two attached hydrogens (primary N) is 1. The average molecular weight is 218 g/mol. The van der Waals surface area contributed by atoms with Gasteiger partial charge in [0.05, 0.1) is 0 Å². The molecule has 0 spiro atoms. The Morgan fingerprint density at radius 3 is 2.25 bits per heavy atom. The third-order valence-electron chi connectivity index (χ3n) is 1.13. The van der Waals surface area contributed by atoms with Gasteiger partial charge < -0.3 is 20.6 Å². The van der Waals surface area contributed by atoms with Crippen molar-refractivity contribution >= 4 is 25.2 Å². The summed E-state index contributed by atoms with van der Waals surface area (Å²) < 4.78 is 10.4. The van der Waals surface area contributed by atoms with Gasteiger partial charge in [0.15, 0.2) is 0 Å². The number of carbonyl (C=O) groups is 1. The molecule has 0 amide bonds. The van der Waals surface area contributed by atoms with Gasteiger partial charge in [0.2, 0.25) is 0 Å². The van der Waals surface area contributed by atoms with E-state index in [0.29, 0.717) is 0 Å². The zero-order chi connectivity index (χ0) is 9.94. The van der Waals surface area contributed by atoms with Crippen molar-refractivity contribution < 1.29 is 24.3 Å². The SMILES string of the molecule is NC(CC(Cl)P(=O)(O)O)C(=O)O. The lowest BCUT2D eigenvalue weighted by Gasteiger charge is -2.13. The molecule has 5 N–H and O–H groups in total. The third-order valence-corrected chi connectivity index (χ3v) is 3.01. The fourth-order valence-corrected chi connectivity index (χ4v) is 1.14. The van der Waals surface area contributed by atoms with Gasteiger partial charge in [-0.15, -0.1) is 11.6 Å². The molecule has 0 aliphatic heterocycles. The van der Waals surface area contributed by atoms with Crippen molar-refractivity contribution in [1.82, 2.24) is 0 Å². The van der Waals surface area contributed by atoms with Crippen LogP contribution in [0.15, 0.2) is 0 Å². The second kappa shape index (κ2) is 4.20. The summed E-state index contributed by atoms with van der Waals surface area (Å²) in [7, 11) is -4.43. The van der Waals surface area contributed by atoms with E-state index in [0.717, 1.165) is 0 Å². The monoisotopic (exact) mass is 217 g/mol. The molecule has 2 atom stereocenters. The summed E-state index contributed by atoms with van der Waals surface area (Å²) in [5.74, 6) is -1.34. The second-order valence-electron chi connectivity index (χ2n) is 2.20. The Kier molecular flexibility index (Phi) is 4.16. The molecular formula is C4H9ClNO5P. The maximum absolute atomic E-state index is 10.4. The molecule has 2 unspecified atom stereocenters. The first kappa shape index (κ1) is 11.9. The van der Waals surface area contributed by atoms with E-state index in [2.05, 4.69) is 0 Å². The average Bonchev–Trinajstić information content (AvgIpc) is 1.85. The van der Waals surface area contributed by atoms with Gasteiger partial charge in [-0.2, -0.15) is 0 Å². The second-order valence-corrected chi connectivity index (χ2v) is 4.84. The quantitative estimate of drug-likeness (QED) is 0.373. The van der Waals surface area contributed by atoms with Crippen molar-refractivity contribution in [1.29, 1.82) is 0 Å². The Labute approximate surface area is 73.5 Å². The lowest BCUT2D eigenvalue weighted by Crippen LogP contribution is -2.32. The van der Waals surface area contributed by atoms with E-state index in [4.69, 9.17) is 32.2 Å². The van der Waals surface area contributed by atoms with Crippen molar-refractivity contribution in [3.05, 3.63) is 0 Å². The van der Waals surface area contributed by atoms with Crippen LogP contribution in [0.1, 0.15) is 6.42 Å². The maximum atomic E-state index is 10.4. The van der Waals surface area contributed by atoms with E-state index in [1.165, 1.54) is 0 Å². The van der Waals surface area contributed by atoms with Crippen LogP contribution < -0.4 is 5.73 Å². The van der Waals surface area contributed by atoms with Gasteiger partial charge in [0, 0.05) is 6.42 Å². The smallest absolute Gasteiger partial charge is 0.343 e. The van der Waals surface area contributed by atoms with Crippen molar-refractivity contribution in [2.24, 2.45) is 5.73 Å². The lowest BCUT2D eigenvalue weighted by atomic mass is 10.2. The lowest BCUT2D eigenvalue weighted by molar-refractivity contribution is -0.138. The van der Waals surface area contributed by atoms with Crippen molar-refractivity contribution in [3.8, 4) is 0 Å². The summed E-state index contributed by atoms with van der Waals surface area (Å²) in [5, 5.41) is 6.72. The summed E-state index contributed by atoms with van der Waals surface area (Å²) >= 11 is 5.19. The molecule has 0 bridgehead atoms. The van der Waals surface area contributed by atoms with Gasteiger partial charge >= 0.3 is 13.6 Å². The van der Waals surface area contributed by atoms with Gasteiger partial charge in [-0.1, -0.05) is 0 Å². The molecule has 6 nitrogen and oxygen atoms in total. The number of halogens is 1. The number of hydrogen-bond donors (Lipinski definition) is 4. The molecule has 0 heterocycles. The first-order valence-electron chi connectivity index (χ1n) is 2.93. The molecule has 0 fully saturated rings. The largest absolute Gasteiger partial charge is 0.480 e. The number of carboxylic acid groups (broad SMARTS) is 1. The molecule has 0 aliphatic carbocycles. The van der Waals surface area contributed by atoms with Crippen LogP contribution in [0.2, 0.25) is 0 Å². The number of carboxylic acids is 1. The summed E-state index contributed by atoms with van der Waals surface area (Å²) in [6, 6.07) is -1.35. The Morgan fingerprint density at radius 1 is 1.58 bits per heavy atom. The van der Waals surface area contributed by atoms with Crippen LogP contribution in [-0.2, 0) is 9.36 Å². The molecule has 0 aliphatic rings. The maximum Gasteiger partial charge on any atom is 0.343 e. The highest BCUT2D eigenvalue weighted by Gasteiger charge is 2.30. The van der Waals surface area contributed by atoms with Crippen LogP contribution in [0, 0.1) is 0 Å². The van der Waals surface area contributed by atoms with Crippen LogP contribution in [0.4, 0.5) is 0 Å². The third kappa shape index (κ3) is 4.04. The van der Waals surface area contributed by atoms with E-state index in [-0.39, 0.29) is 0 Å². The first-order valence-corrected chi connectivity index (χ1v) is 5.04. The summed E-state index contributed by atoms with van der Waals surface area (Å²) in [5.41, 5.74) is 4.99. The topological polar surface area (TPSA) is 121 Å². The van der Waals surface area contributed by atoms with Crippen molar-refractivity contribution in [2.75, 3.05) is 0 Å². The molecule has 0 aromatic carbocycles. The Morgan fingerprint density at radius 2 is 2.00 bits per heavy atom. The molecule has 0 rings (SSSR count). The van der Waals surface area contributed by atoms with E-state index in [1.807, 2.05) is 0 Å². The number of hydrogen-bond acceptors (Lipinski definition) is 3. The predicted molar refractivity (Wildman–Crippen MR) is 41.9 cm³/mol. The normalized spacial score (nSPS) is 17.0. The molecule has 72 valence electrons. The highest BCUT2D eigenvalue weighted by atomic mass is 35.5. The summed E-state index contributed by atoms with van der Waals surface area (Å²) in [4.78, 5) is 27.0. The van der Waals surface area contributed by atoms with Gasteiger partial charge in [0.1, 0.15) is 11.2 Å². The summed E-state index contributed by atoms with van der Waals surface area (Å²) in [6.07, 6.45) is -0.457. The van der Waals surface area contributed by atoms with E-state index < -0.39 is 31.1 Å². The number of aliphatic carboxylic acids is 1. The minimum atomic E-state index is -4.43. The van der Waals surface area contributed by atoms with Gasteiger partial charge in [0.25, 0.3) is 0 Å². The highest BCUT2D eigenvalue weighted by Crippen LogP contribution is 2.45. The van der Waals surface area contributed by atoms with Crippen LogP contribution in [0.5, 0.6) is 0 Å². The molecule has 0 radical (unpaired) electrons. The van der Waals surface area contributed by atoms with Crippen molar-refractivity contribution in [2.45, 2.75) is 17.6 Å². The van der Waals surface area contributed by atoms with Gasteiger partial charge in [-0.25, -0.2) is 0 Å². The molecule has 0 aromatic heterocycles. The Hall–Kier alpha value is -0.130. The Bertz CT molecular complexity index is 215. The van der Waals surface area contributed by atoms with E-state index in [9.17, 15) is 9.36 Å². The number of rotatable bonds is 4. The minimum Gasteiger partial charge on any atom is -0.480 e. The highest BCUT2D eigenvalue weighted by molar-refractivity contribution is 7.54. The molecular weight excluding hydrogens is 208 g/mol. The zero-order valence-electron chi connectivity index (χ0n) is 5.92. The van der Waals surface area contributed by atoms with Crippen molar-refractivity contribution in [3.63, 3.8) is 0 Å². The zero-order valence-corrected chi connectivity index (χ0v) is 7.57. The minimum absolute atomic E-state index is 0.457. The molecule has 0 saturated heterocycles. The molecule has 8 heteroatoms. The van der Waals surface area contributed by atoms with Crippen LogP contribution in [-0.4, -0.2) is 32.0 Å². The van der Waals surface area contributed by atoms with Crippen LogP contribution in [0.3, 0.4) is 0 Å². The van der Waals surface area contributed by atoms with Crippen LogP contribution in [0.25, 0.3) is 0 Å². The first-order chi connectivity index (χ1) is 5.25. The van der Waals surface area contributed by atoms with Gasteiger partial charge in [-0.3, -0.25) is 9.36 Å². The van der Waals surface area contributed by atoms with E-state index in [1.54, 1.807) is 0 Å². The fourth-order valence-electron chi connectivity index (χ4n) is 0.448. The fraction of sp³-hybridized carbons (Fsp3) is 0.750. The predicted octanol–water partition coefficient (Wildman–Crippen LogP) is -0.469. The standard InChI is InChI=1S/C4H9ClNO5P/c5-3(12(9,10)11)1-2(6)4(7)8/h2-3H,1,6H2,(H,7,8)(H2,9,10,11). The van der Waals surface area contributed by atoms with E-state index >= 15 is 0 Å². The van der Waals surface area contributed by atoms with Crippen LogP contribution >= 0.6 is 19.2 Å².